The first-order valence-electron chi connectivity index (χ1n) is 8.05. The van der Waals surface area contributed by atoms with Crippen molar-refractivity contribution < 1.29 is 17.6 Å². The van der Waals surface area contributed by atoms with Gasteiger partial charge in [-0.05, 0) is 55.7 Å². The Morgan fingerprint density at radius 2 is 1.88 bits per heavy atom. The average Bonchev–Trinajstić information content (AvgIpc) is 3.09. The van der Waals surface area contributed by atoms with Gasteiger partial charge >= 0.3 is 0 Å². The maximum absolute atomic E-state index is 12.6. The van der Waals surface area contributed by atoms with Crippen molar-refractivity contribution in [2.75, 3.05) is 18.4 Å². The second-order valence-corrected chi connectivity index (χ2v) is 8.78. The molecule has 0 spiro atoms. The van der Waals surface area contributed by atoms with E-state index >= 15 is 0 Å². The van der Waals surface area contributed by atoms with Crippen LogP contribution in [0.15, 0.2) is 44.3 Å². The summed E-state index contributed by atoms with van der Waals surface area (Å²) in [6, 6.07) is 8.19. The molecule has 1 aromatic heterocycles. The smallest absolute Gasteiger partial charge is 0.291 e. The number of hydrogen-bond donors (Lipinski definition) is 1. The largest absolute Gasteiger partial charge is 0.438 e. The number of nitrogens with one attached hydrogen (secondary N) is 1. The second kappa shape index (κ2) is 7.31. The van der Waals surface area contributed by atoms with Crippen LogP contribution in [0.3, 0.4) is 0 Å². The van der Waals surface area contributed by atoms with Gasteiger partial charge in [-0.3, -0.25) is 4.79 Å². The Morgan fingerprint density at radius 1 is 1.16 bits per heavy atom. The molecule has 0 bridgehead atoms. The molecule has 8 heteroatoms. The Bertz CT molecular complexity index is 886. The monoisotopic (exact) mass is 426 g/mol. The molecule has 0 unspecified atom stereocenters. The first-order chi connectivity index (χ1) is 11.9. The molecule has 1 aliphatic heterocycles. The third kappa shape index (κ3) is 3.96. The minimum absolute atomic E-state index is 0.0297. The number of carbonyl (C=O) groups excluding carboxylic acids is 1. The Morgan fingerprint density at radius 3 is 2.56 bits per heavy atom. The maximum Gasteiger partial charge on any atom is 0.291 e. The summed E-state index contributed by atoms with van der Waals surface area (Å²) in [6.07, 6.45) is 2.72. The molecule has 1 saturated heterocycles. The van der Waals surface area contributed by atoms with Crippen LogP contribution in [-0.2, 0) is 10.0 Å². The highest BCUT2D eigenvalue weighted by molar-refractivity contribution is 9.10. The first kappa shape index (κ1) is 18.2. The van der Waals surface area contributed by atoms with E-state index in [-0.39, 0.29) is 10.9 Å². The van der Waals surface area contributed by atoms with Crippen molar-refractivity contribution in [1.29, 1.82) is 0 Å². The summed E-state index contributed by atoms with van der Waals surface area (Å²) < 4.78 is 32.8. The van der Waals surface area contributed by atoms with Crippen molar-refractivity contribution in [3.8, 4) is 0 Å². The van der Waals surface area contributed by atoms with Gasteiger partial charge in [-0.25, -0.2) is 8.42 Å². The Balaban J connectivity index is 1.77. The molecular formula is C17H19BrN2O4S. The predicted molar refractivity (Wildman–Crippen MR) is 98.2 cm³/mol. The zero-order valence-corrected chi connectivity index (χ0v) is 16.2. The van der Waals surface area contributed by atoms with Gasteiger partial charge in [0.2, 0.25) is 5.09 Å². The van der Waals surface area contributed by atoms with Gasteiger partial charge in [-0.15, -0.1) is 0 Å². The molecule has 1 amide bonds. The van der Waals surface area contributed by atoms with E-state index in [1.54, 1.807) is 6.07 Å². The van der Waals surface area contributed by atoms with Gasteiger partial charge in [-0.1, -0.05) is 22.4 Å². The quantitative estimate of drug-likeness (QED) is 0.806. The van der Waals surface area contributed by atoms with Crippen molar-refractivity contribution in [3.05, 3.63) is 46.1 Å². The van der Waals surface area contributed by atoms with E-state index in [1.165, 1.54) is 16.4 Å². The standard InChI is InChI=1S/C17H19BrN2O4S/c1-12-11-13(18)5-6-14(12)19-17(21)15-7-8-16(24-15)25(22,23)20-9-3-2-4-10-20/h5-8,11H,2-4,9-10H2,1H3,(H,19,21). The molecule has 25 heavy (non-hydrogen) atoms. The summed E-state index contributed by atoms with van der Waals surface area (Å²) in [7, 11) is -3.68. The van der Waals surface area contributed by atoms with Gasteiger partial charge in [0.15, 0.2) is 5.76 Å². The van der Waals surface area contributed by atoms with Crippen LogP contribution in [0.4, 0.5) is 5.69 Å². The summed E-state index contributed by atoms with van der Waals surface area (Å²) in [4.78, 5) is 12.3. The third-order valence-corrected chi connectivity index (χ3v) is 6.42. The molecule has 0 saturated carbocycles. The molecule has 134 valence electrons. The summed E-state index contributed by atoms with van der Waals surface area (Å²) >= 11 is 3.37. The Kier molecular flexibility index (Phi) is 5.31. The van der Waals surface area contributed by atoms with Crippen LogP contribution in [0.5, 0.6) is 0 Å². The number of amides is 1. The Labute approximate surface area is 155 Å². The predicted octanol–water partition coefficient (Wildman–Crippen LogP) is 3.78. The van der Waals surface area contributed by atoms with Crippen LogP contribution in [0, 0.1) is 6.92 Å². The fourth-order valence-electron chi connectivity index (χ4n) is 2.76. The summed E-state index contributed by atoms with van der Waals surface area (Å²) in [6.45, 7) is 2.85. The van der Waals surface area contributed by atoms with E-state index in [4.69, 9.17) is 4.42 Å². The number of aryl methyl sites for hydroxylation is 1. The van der Waals surface area contributed by atoms with Gasteiger partial charge in [-0.2, -0.15) is 4.31 Å². The molecule has 0 radical (unpaired) electrons. The van der Waals surface area contributed by atoms with Gasteiger partial charge in [0.1, 0.15) is 0 Å². The number of rotatable bonds is 4. The van der Waals surface area contributed by atoms with Crippen LogP contribution in [-0.4, -0.2) is 31.7 Å². The molecule has 1 fully saturated rings. The molecule has 0 aliphatic carbocycles. The van der Waals surface area contributed by atoms with E-state index in [0.29, 0.717) is 18.8 Å². The van der Waals surface area contributed by atoms with Gasteiger partial charge in [0.05, 0.1) is 0 Å². The summed E-state index contributed by atoms with van der Waals surface area (Å²) in [5.41, 5.74) is 1.53. The number of halogens is 1. The van der Waals surface area contributed by atoms with Gasteiger partial charge < -0.3 is 9.73 Å². The number of piperidine rings is 1. The number of anilines is 1. The average molecular weight is 427 g/mol. The highest BCUT2D eigenvalue weighted by Gasteiger charge is 2.29. The van der Waals surface area contributed by atoms with Crippen molar-refractivity contribution in [2.45, 2.75) is 31.3 Å². The fourth-order valence-corrected chi connectivity index (χ4v) is 4.67. The van der Waals surface area contributed by atoms with Gasteiger partial charge in [0, 0.05) is 23.2 Å². The van der Waals surface area contributed by atoms with Gasteiger partial charge in [0.25, 0.3) is 15.9 Å². The topological polar surface area (TPSA) is 79.6 Å². The van der Waals surface area contributed by atoms with Crippen LogP contribution in [0.2, 0.25) is 0 Å². The maximum atomic E-state index is 12.6. The van der Waals surface area contributed by atoms with Crippen LogP contribution < -0.4 is 5.32 Å². The first-order valence-corrected chi connectivity index (χ1v) is 10.3. The zero-order chi connectivity index (χ0) is 18.0. The molecule has 1 N–H and O–H groups in total. The minimum atomic E-state index is -3.68. The number of furan rings is 1. The molecule has 3 rings (SSSR count). The molecular weight excluding hydrogens is 408 g/mol. The van der Waals surface area contributed by atoms with Crippen molar-refractivity contribution >= 4 is 37.5 Å². The van der Waals surface area contributed by atoms with E-state index in [0.717, 1.165) is 29.3 Å². The number of nitrogens with zero attached hydrogens (tertiary/aromatic N) is 1. The van der Waals surface area contributed by atoms with Crippen molar-refractivity contribution in [3.63, 3.8) is 0 Å². The van der Waals surface area contributed by atoms with Crippen LogP contribution in [0.25, 0.3) is 0 Å². The molecule has 1 aliphatic rings. The number of hydrogen-bond acceptors (Lipinski definition) is 4. The normalized spacial score (nSPS) is 15.9. The van der Waals surface area contributed by atoms with E-state index in [9.17, 15) is 13.2 Å². The molecule has 0 atom stereocenters. The summed E-state index contributed by atoms with van der Waals surface area (Å²) in [5, 5.41) is 2.55. The second-order valence-electron chi connectivity index (χ2n) is 6.00. The van der Waals surface area contributed by atoms with Crippen molar-refractivity contribution in [2.24, 2.45) is 0 Å². The lowest BCUT2D eigenvalue weighted by Gasteiger charge is -2.24. The number of sulfonamides is 1. The van der Waals surface area contributed by atoms with Crippen molar-refractivity contribution in [1.82, 2.24) is 4.31 Å². The van der Waals surface area contributed by atoms with E-state index < -0.39 is 15.9 Å². The lowest BCUT2D eigenvalue weighted by molar-refractivity contribution is 0.0991. The minimum Gasteiger partial charge on any atom is -0.438 e. The summed E-state index contributed by atoms with van der Waals surface area (Å²) in [5.74, 6) is -0.511. The van der Waals surface area contributed by atoms with E-state index in [2.05, 4.69) is 21.2 Å². The number of carbonyl (C=O) groups is 1. The lowest BCUT2D eigenvalue weighted by atomic mass is 10.2. The van der Waals surface area contributed by atoms with Crippen LogP contribution >= 0.6 is 15.9 Å². The van der Waals surface area contributed by atoms with E-state index in [1.807, 2.05) is 19.1 Å². The molecule has 2 aromatic rings. The molecule has 2 heterocycles. The third-order valence-electron chi connectivity index (χ3n) is 4.15. The fraction of sp³-hybridized carbons (Fsp3) is 0.353. The SMILES string of the molecule is Cc1cc(Br)ccc1NC(=O)c1ccc(S(=O)(=O)N2CCCCC2)o1. The number of benzene rings is 1. The van der Waals surface area contributed by atoms with Crippen LogP contribution in [0.1, 0.15) is 35.4 Å². The highest BCUT2D eigenvalue weighted by atomic mass is 79.9. The zero-order valence-electron chi connectivity index (χ0n) is 13.8. The molecule has 6 nitrogen and oxygen atoms in total. The molecule has 1 aromatic carbocycles. The Hall–Kier alpha value is -1.64. The lowest BCUT2D eigenvalue weighted by Crippen LogP contribution is -2.35. The highest BCUT2D eigenvalue weighted by Crippen LogP contribution is 2.24.